The van der Waals surface area contributed by atoms with E-state index < -0.39 is 0 Å². The minimum atomic E-state index is -0.170. The van der Waals surface area contributed by atoms with Crippen LogP contribution < -0.4 is 0 Å². The molecular weight excluding hydrogens is 305 g/mol. The molecule has 1 saturated carbocycles. The van der Waals surface area contributed by atoms with Gasteiger partial charge < -0.3 is 4.74 Å². The maximum absolute atomic E-state index is 13.9. The average Bonchev–Trinajstić information content (AvgIpc) is 3.02. The Balaban J connectivity index is 1.55. The van der Waals surface area contributed by atoms with Gasteiger partial charge in [0.15, 0.2) is 0 Å². The first-order chi connectivity index (χ1) is 11.6. The number of ether oxygens (including phenoxy) is 1. The van der Waals surface area contributed by atoms with Crippen molar-refractivity contribution in [1.82, 2.24) is 14.8 Å². The summed E-state index contributed by atoms with van der Waals surface area (Å²) in [5.41, 5.74) is 4.50. The van der Waals surface area contributed by atoms with E-state index in [4.69, 9.17) is 9.84 Å². The number of hydrogen-bond donors (Lipinski definition) is 0. The maximum Gasteiger partial charge on any atom is 0.128 e. The van der Waals surface area contributed by atoms with Crippen LogP contribution in [-0.2, 0) is 11.2 Å². The Morgan fingerprint density at radius 3 is 2.79 bits per heavy atom. The highest BCUT2D eigenvalue weighted by Crippen LogP contribution is 2.58. The third kappa shape index (κ3) is 2.00. The lowest BCUT2D eigenvalue weighted by atomic mass is 10.1. The molecule has 3 atom stereocenters. The molecule has 1 aliphatic heterocycles. The van der Waals surface area contributed by atoms with Crippen molar-refractivity contribution in [1.29, 1.82) is 0 Å². The van der Waals surface area contributed by atoms with Crippen molar-refractivity contribution in [3.05, 3.63) is 41.4 Å². The van der Waals surface area contributed by atoms with Crippen LogP contribution in [0.2, 0.25) is 0 Å². The molecule has 124 valence electrons. The Morgan fingerprint density at radius 1 is 1.25 bits per heavy atom. The summed E-state index contributed by atoms with van der Waals surface area (Å²) in [6.45, 7) is 6.03. The standard InChI is InChI=1S/C19H20FN3O/c1-10(2)23-18(19-13-8-24-9-14(13)19)6-17(22-23)11-5-12-15(20)3-4-16(12)21-7-11/h3,5-7,10,13-14,19H,4,8-9H2,1-2H3/t13-,14+,19?. The first-order valence-corrected chi connectivity index (χ1v) is 8.66. The number of allylic oxidation sites excluding steroid dienone is 1. The van der Waals surface area contributed by atoms with Gasteiger partial charge in [-0.05, 0) is 43.9 Å². The SMILES string of the molecule is CC(C)n1nc(-c2cnc3c(c2)C(F)=CC3)cc1C1[C@H]2COC[C@@H]12. The number of pyridine rings is 1. The molecule has 1 unspecified atom stereocenters. The van der Waals surface area contributed by atoms with Crippen LogP contribution in [0.25, 0.3) is 17.1 Å². The molecule has 3 heterocycles. The quantitative estimate of drug-likeness (QED) is 0.863. The van der Waals surface area contributed by atoms with Crippen LogP contribution in [0.15, 0.2) is 24.4 Å². The molecule has 24 heavy (non-hydrogen) atoms. The molecule has 0 spiro atoms. The van der Waals surface area contributed by atoms with Gasteiger partial charge in [0.1, 0.15) is 5.83 Å². The number of nitrogens with zero attached hydrogens (tertiary/aromatic N) is 3. The summed E-state index contributed by atoms with van der Waals surface area (Å²) < 4.78 is 21.5. The summed E-state index contributed by atoms with van der Waals surface area (Å²) in [4.78, 5) is 4.43. The predicted octanol–water partition coefficient (Wildman–Crippen LogP) is 3.75. The second kappa shape index (κ2) is 4.99. The molecular formula is C19H20FN3O. The molecule has 2 aromatic heterocycles. The fourth-order valence-electron chi connectivity index (χ4n) is 4.19. The molecule has 2 aliphatic carbocycles. The third-order valence-electron chi connectivity index (χ3n) is 5.55. The second-order valence-electron chi connectivity index (χ2n) is 7.36. The lowest BCUT2D eigenvalue weighted by Crippen LogP contribution is -2.09. The van der Waals surface area contributed by atoms with Crippen molar-refractivity contribution in [2.75, 3.05) is 13.2 Å². The molecule has 0 bridgehead atoms. The van der Waals surface area contributed by atoms with Crippen LogP contribution in [0.1, 0.15) is 42.8 Å². The molecule has 2 aromatic rings. The van der Waals surface area contributed by atoms with Gasteiger partial charge in [-0.25, -0.2) is 4.39 Å². The zero-order valence-electron chi connectivity index (χ0n) is 13.9. The highest BCUT2D eigenvalue weighted by atomic mass is 19.1. The number of rotatable bonds is 3. The zero-order chi connectivity index (χ0) is 16.4. The van der Waals surface area contributed by atoms with Gasteiger partial charge >= 0.3 is 0 Å². The fourth-order valence-corrected chi connectivity index (χ4v) is 4.19. The minimum Gasteiger partial charge on any atom is -0.381 e. The topological polar surface area (TPSA) is 39.9 Å². The van der Waals surface area contributed by atoms with Crippen LogP contribution in [0, 0.1) is 11.8 Å². The monoisotopic (exact) mass is 325 g/mol. The van der Waals surface area contributed by atoms with Gasteiger partial charge in [0, 0.05) is 41.4 Å². The summed E-state index contributed by atoms with van der Waals surface area (Å²) in [6, 6.07) is 4.35. The number of fused-ring (bicyclic) bond motifs is 2. The summed E-state index contributed by atoms with van der Waals surface area (Å²) in [5, 5.41) is 4.81. The predicted molar refractivity (Wildman–Crippen MR) is 89.2 cm³/mol. The largest absolute Gasteiger partial charge is 0.381 e. The zero-order valence-corrected chi connectivity index (χ0v) is 13.9. The maximum atomic E-state index is 13.9. The summed E-state index contributed by atoms with van der Waals surface area (Å²) in [6.07, 6.45) is 3.99. The van der Waals surface area contributed by atoms with Crippen LogP contribution in [0.5, 0.6) is 0 Å². The molecule has 5 rings (SSSR count). The molecule has 3 aliphatic rings. The van der Waals surface area contributed by atoms with Crippen LogP contribution in [0.4, 0.5) is 4.39 Å². The second-order valence-corrected chi connectivity index (χ2v) is 7.36. The Morgan fingerprint density at radius 2 is 2.04 bits per heavy atom. The normalized spacial score (nSPS) is 27.3. The summed E-state index contributed by atoms with van der Waals surface area (Å²) >= 11 is 0. The Bertz CT molecular complexity index is 844. The summed E-state index contributed by atoms with van der Waals surface area (Å²) in [5.74, 6) is 1.68. The third-order valence-corrected chi connectivity index (χ3v) is 5.55. The van der Waals surface area contributed by atoms with Gasteiger partial charge in [-0.2, -0.15) is 5.10 Å². The lowest BCUT2D eigenvalue weighted by Gasteiger charge is -2.12. The van der Waals surface area contributed by atoms with E-state index in [-0.39, 0.29) is 5.83 Å². The number of halogens is 1. The highest BCUT2D eigenvalue weighted by molar-refractivity contribution is 5.71. The number of aromatic nitrogens is 3. The van der Waals surface area contributed by atoms with Gasteiger partial charge in [0.05, 0.1) is 24.6 Å². The van der Waals surface area contributed by atoms with Crippen molar-refractivity contribution < 1.29 is 9.13 Å². The van der Waals surface area contributed by atoms with Crippen molar-refractivity contribution in [2.45, 2.75) is 32.2 Å². The minimum absolute atomic E-state index is 0.170. The van der Waals surface area contributed by atoms with E-state index >= 15 is 0 Å². The first kappa shape index (κ1) is 14.3. The highest BCUT2D eigenvalue weighted by Gasteiger charge is 2.56. The van der Waals surface area contributed by atoms with Crippen LogP contribution in [-0.4, -0.2) is 28.0 Å². The van der Waals surface area contributed by atoms with Crippen LogP contribution in [0.3, 0.4) is 0 Å². The van der Waals surface area contributed by atoms with Crippen LogP contribution >= 0.6 is 0 Å². The Hall–Kier alpha value is -2.01. The lowest BCUT2D eigenvalue weighted by molar-refractivity contribution is 0.159. The van der Waals surface area contributed by atoms with E-state index in [0.29, 0.717) is 35.8 Å². The van der Waals surface area contributed by atoms with E-state index in [1.807, 2.05) is 12.3 Å². The average molecular weight is 325 g/mol. The molecule has 1 saturated heterocycles. The van der Waals surface area contributed by atoms with Gasteiger partial charge in [0.2, 0.25) is 0 Å². The van der Waals surface area contributed by atoms with Gasteiger partial charge in [-0.15, -0.1) is 0 Å². The van der Waals surface area contributed by atoms with Gasteiger partial charge in [-0.1, -0.05) is 0 Å². The number of hydrogen-bond acceptors (Lipinski definition) is 3. The molecule has 0 N–H and O–H groups in total. The van der Waals surface area contributed by atoms with Gasteiger partial charge in [-0.3, -0.25) is 9.67 Å². The molecule has 0 amide bonds. The van der Waals surface area contributed by atoms with E-state index in [2.05, 4.69) is 29.6 Å². The van der Waals surface area contributed by atoms with Gasteiger partial charge in [0.25, 0.3) is 0 Å². The molecule has 2 fully saturated rings. The van der Waals surface area contributed by atoms with Crippen molar-refractivity contribution >= 4 is 5.83 Å². The van der Waals surface area contributed by atoms with Crippen molar-refractivity contribution in [3.8, 4) is 11.3 Å². The van der Waals surface area contributed by atoms with E-state index in [9.17, 15) is 4.39 Å². The molecule has 0 radical (unpaired) electrons. The smallest absolute Gasteiger partial charge is 0.128 e. The molecule has 5 heteroatoms. The van der Waals surface area contributed by atoms with Crippen molar-refractivity contribution in [3.63, 3.8) is 0 Å². The molecule has 4 nitrogen and oxygen atoms in total. The Labute approximate surface area is 140 Å². The van der Waals surface area contributed by atoms with E-state index in [0.717, 1.165) is 30.2 Å². The summed E-state index contributed by atoms with van der Waals surface area (Å²) in [7, 11) is 0. The van der Waals surface area contributed by atoms with Crippen molar-refractivity contribution in [2.24, 2.45) is 11.8 Å². The van der Waals surface area contributed by atoms with E-state index in [1.165, 1.54) is 5.69 Å². The first-order valence-electron chi connectivity index (χ1n) is 8.66. The van der Waals surface area contributed by atoms with E-state index in [1.54, 1.807) is 6.08 Å². The molecule has 0 aromatic carbocycles. The Kier molecular flexibility index (Phi) is 2.98. The fraction of sp³-hybridized carbons (Fsp3) is 0.474.